The molecule has 1 aromatic heterocycles. The summed E-state index contributed by atoms with van der Waals surface area (Å²) in [6.07, 6.45) is 0. The number of nitrogens with two attached hydrogens (primary N) is 1. The fraction of sp³-hybridized carbons (Fsp3) is 0.125. The molecule has 0 bridgehead atoms. The molecule has 2 nitrogen and oxygen atoms in total. The van der Waals surface area contributed by atoms with Crippen LogP contribution in [0.4, 0.5) is 0 Å². The van der Waals surface area contributed by atoms with Gasteiger partial charge in [-0.05, 0) is 36.8 Å². The molecule has 1 heterocycles. The smallest absolute Gasteiger partial charge is 0.134 e. The van der Waals surface area contributed by atoms with E-state index in [1.807, 2.05) is 43.3 Å². The lowest BCUT2D eigenvalue weighted by atomic mass is 10.0. The summed E-state index contributed by atoms with van der Waals surface area (Å²) in [7, 11) is 0. The van der Waals surface area contributed by atoms with Gasteiger partial charge in [0.15, 0.2) is 0 Å². The van der Waals surface area contributed by atoms with Gasteiger partial charge in [0, 0.05) is 19.9 Å². The quantitative estimate of drug-likeness (QED) is 0.639. The molecule has 0 aliphatic heterocycles. The van der Waals surface area contributed by atoms with Gasteiger partial charge >= 0.3 is 0 Å². The molecule has 3 aromatic rings. The minimum absolute atomic E-state index is 0.281. The van der Waals surface area contributed by atoms with Crippen molar-refractivity contribution in [1.29, 1.82) is 0 Å². The van der Waals surface area contributed by atoms with Gasteiger partial charge in [-0.2, -0.15) is 0 Å². The van der Waals surface area contributed by atoms with Gasteiger partial charge in [0.25, 0.3) is 0 Å². The predicted molar refractivity (Wildman–Crippen MR) is 88.8 cm³/mol. The predicted octanol–water partition coefficient (Wildman–Crippen LogP) is 5.31. The highest BCUT2D eigenvalue weighted by atomic mass is 79.9. The van der Waals surface area contributed by atoms with Crippen molar-refractivity contribution in [1.82, 2.24) is 0 Å². The van der Waals surface area contributed by atoms with Crippen LogP contribution in [0, 0.1) is 6.92 Å². The first-order valence-electron chi connectivity index (χ1n) is 6.26. The summed E-state index contributed by atoms with van der Waals surface area (Å²) in [5.41, 5.74) is 9.36. The van der Waals surface area contributed by atoms with Crippen LogP contribution in [0.25, 0.3) is 11.0 Å². The zero-order valence-electron chi connectivity index (χ0n) is 10.9. The fourth-order valence-electron chi connectivity index (χ4n) is 2.38. The zero-order valence-corrected chi connectivity index (χ0v) is 14.0. The molecule has 2 aromatic carbocycles. The van der Waals surface area contributed by atoms with E-state index < -0.39 is 0 Å². The highest BCUT2D eigenvalue weighted by Gasteiger charge is 2.20. The second kappa shape index (κ2) is 5.35. The summed E-state index contributed by atoms with van der Waals surface area (Å²) in [6, 6.07) is 13.7. The lowest BCUT2D eigenvalue weighted by molar-refractivity contribution is 0.520. The van der Waals surface area contributed by atoms with E-state index in [2.05, 4.69) is 37.9 Å². The van der Waals surface area contributed by atoms with Crippen LogP contribution in [0.1, 0.15) is 22.9 Å². The van der Waals surface area contributed by atoms with Gasteiger partial charge in [-0.1, -0.05) is 50.1 Å². The van der Waals surface area contributed by atoms with Crippen LogP contribution in [0.5, 0.6) is 0 Å². The number of furan rings is 1. The van der Waals surface area contributed by atoms with Crippen molar-refractivity contribution in [2.24, 2.45) is 5.73 Å². The van der Waals surface area contributed by atoms with E-state index in [4.69, 9.17) is 10.2 Å². The minimum atomic E-state index is -0.281. The van der Waals surface area contributed by atoms with Gasteiger partial charge in [-0.3, -0.25) is 0 Å². The number of benzene rings is 2. The number of hydrogen-bond acceptors (Lipinski definition) is 2. The average Bonchev–Trinajstić information content (AvgIpc) is 2.76. The standard InChI is InChI=1S/C16H13Br2NO/c1-9-12-8-10(17)6-7-14(12)20-16(9)15(19)11-4-2-3-5-13(11)18/h2-8,15H,19H2,1H3. The Labute approximate surface area is 134 Å². The summed E-state index contributed by atoms with van der Waals surface area (Å²) >= 11 is 7.03. The third-order valence-electron chi connectivity index (χ3n) is 3.46. The Balaban J connectivity index is 2.15. The van der Waals surface area contributed by atoms with Crippen molar-refractivity contribution < 1.29 is 4.42 Å². The molecule has 3 rings (SSSR count). The molecule has 0 aliphatic rings. The number of halogens is 2. The molecule has 0 saturated carbocycles. The number of fused-ring (bicyclic) bond motifs is 1. The highest BCUT2D eigenvalue weighted by molar-refractivity contribution is 9.10. The van der Waals surface area contributed by atoms with Crippen LogP contribution >= 0.6 is 31.9 Å². The SMILES string of the molecule is Cc1c(C(N)c2ccccc2Br)oc2ccc(Br)cc12. The topological polar surface area (TPSA) is 39.2 Å². The second-order valence-electron chi connectivity index (χ2n) is 4.73. The molecule has 0 saturated heterocycles. The minimum Gasteiger partial charge on any atom is -0.459 e. The molecular formula is C16H13Br2NO. The van der Waals surface area contributed by atoms with Crippen LogP contribution in [0.15, 0.2) is 55.8 Å². The molecule has 4 heteroatoms. The first-order chi connectivity index (χ1) is 9.58. The molecule has 0 spiro atoms. The van der Waals surface area contributed by atoms with Gasteiger partial charge in [-0.15, -0.1) is 0 Å². The van der Waals surface area contributed by atoms with Crippen LogP contribution in [0.2, 0.25) is 0 Å². The monoisotopic (exact) mass is 393 g/mol. The maximum atomic E-state index is 6.38. The summed E-state index contributed by atoms with van der Waals surface area (Å²) in [5, 5.41) is 1.09. The van der Waals surface area contributed by atoms with Crippen LogP contribution in [0.3, 0.4) is 0 Å². The molecule has 0 fully saturated rings. The summed E-state index contributed by atoms with van der Waals surface area (Å²) < 4.78 is 7.99. The first kappa shape index (κ1) is 13.9. The molecule has 1 unspecified atom stereocenters. The molecule has 1 atom stereocenters. The third kappa shape index (κ3) is 2.32. The van der Waals surface area contributed by atoms with E-state index in [0.717, 1.165) is 36.8 Å². The van der Waals surface area contributed by atoms with Crippen LogP contribution in [-0.2, 0) is 0 Å². The Morgan fingerprint density at radius 1 is 1.10 bits per heavy atom. The van der Waals surface area contributed by atoms with E-state index in [9.17, 15) is 0 Å². The molecule has 102 valence electrons. The maximum absolute atomic E-state index is 6.38. The van der Waals surface area contributed by atoms with E-state index >= 15 is 0 Å². The van der Waals surface area contributed by atoms with Crippen molar-refractivity contribution in [3.63, 3.8) is 0 Å². The zero-order chi connectivity index (χ0) is 14.3. The molecular weight excluding hydrogens is 382 g/mol. The second-order valence-corrected chi connectivity index (χ2v) is 6.50. The average molecular weight is 395 g/mol. The normalized spacial score (nSPS) is 12.8. The van der Waals surface area contributed by atoms with E-state index in [-0.39, 0.29) is 6.04 Å². The van der Waals surface area contributed by atoms with E-state index in [0.29, 0.717) is 0 Å². The number of rotatable bonds is 2. The number of aryl methyl sites for hydroxylation is 1. The Bertz CT molecular complexity index is 779. The van der Waals surface area contributed by atoms with Crippen molar-refractivity contribution in [2.45, 2.75) is 13.0 Å². The fourth-order valence-corrected chi connectivity index (χ4v) is 3.27. The third-order valence-corrected chi connectivity index (χ3v) is 4.67. The lowest BCUT2D eigenvalue weighted by Crippen LogP contribution is -2.12. The van der Waals surface area contributed by atoms with Crippen molar-refractivity contribution >= 4 is 42.8 Å². The summed E-state index contributed by atoms with van der Waals surface area (Å²) in [5.74, 6) is 0.810. The van der Waals surface area contributed by atoms with Crippen molar-refractivity contribution in [3.05, 3.63) is 68.3 Å². The molecule has 2 N–H and O–H groups in total. The van der Waals surface area contributed by atoms with Crippen LogP contribution in [-0.4, -0.2) is 0 Å². The lowest BCUT2D eigenvalue weighted by Gasteiger charge is -2.12. The summed E-state index contributed by atoms with van der Waals surface area (Å²) in [6.45, 7) is 2.05. The van der Waals surface area contributed by atoms with Gasteiger partial charge < -0.3 is 10.2 Å². The Morgan fingerprint density at radius 2 is 1.85 bits per heavy atom. The van der Waals surface area contributed by atoms with Gasteiger partial charge in [0.05, 0.1) is 6.04 Å². The van der Waals surface area contributed by atoms with E-state index in [1.54, 1.807) is 0 Å². The van der Waals surface area contributed by atoms with Gasteiger partial charge in [-0.25, -0.2) is 0 Å². The van der Waals surface area contributed by atoms with Crippen molar-refractivity contribution in [2.75, 3.05) is 0 Å². The van der Waals surface area contributed by atoms with Crippen LogP contribution < -0.4 is 5.73 Å². The largest absolute Gasteiger partial charge is 0.459 e. The molecule has 0 radical (unpaired) electrons. The Kier molecular flexibility index (Phi) is 3.71. The molecule has 20 heavy (non-hydrogen) atoms. The number of hydrogen-bond donors (Lipinski definition) is 1. The van der Waals surface area contributed by atoms with Gasteiger partial charge in [0.2, 0.25) is 0 Å². The Hall–Kier alpha value is -1.10. The molecule has 0 amide bonds. The van der Waals surface area contributed by atoms with E-state index in [1.165, 1.54) is 0 Å². The maximum Gasteiger partial charge on any atom is 0.134 e. The summed E-state index contributed by atoms with van der Waals surface area (Å²) in [4.78, 5) is 0. The van der Waals surface area contributed by atoms with Gasteiger partial charge in [0.1, 0.15) is 11.3 Å². The van der Waals surface area contributed by atoms with Crippen molar-refractivity contribution in [3.8, 4) is 0 Å². The highest BCUT2D eigenvalue weighted by Crippen LogP contribution is 2.34. The first-order valence-corrected chi connectivity index (χ1v) is 7.85. The Morgan fingerprint density at radius 3 is 2.60 bits per heavy atom. The molecule has 0 aliphatic carbocycles.